The highest BCUT2D eigenvalue weighted by Gasteiger charge is 2.20. The Morgan fingerprint density at radius 1 is 1.03 bits per heavy atom. The first-order chi connectivity index (χ1) is 15.8. The van der Waals surface area contributed by atoms with Gasteiger partial charge < -0.3 is 14.2 Å². The monoisotopic (exact) mass is 477 g/mol. The van der Waals surface area contributed by atoms with Crippen LogP contribution >= 0.6 is 0 Å². The smallest absolute Gasteiger partial charge is 0.269 e. The summed E-state index contributed by atoms with van der Waals surface area (Å²) in [4.78, 5) is 24.7. The minimum Gasteiger partial charge on any atom is -0.493 e. The first-order valence-electron chi connectivity index (χ1n) is 10.5. The molecule has 0 spiro atoms. The second-order valence-electron chi connectivity index (χ2n) is 7.22. The van der Waals surface area contributed by atoms with Crippen LogP contribution in [0.5, 0.6) is 11.5 Å². The molecule has 1 saturated heterocycles. The number of hydrogen-bond acceptors (Lipinski definition) is 7. The molecule has 2 aromatic rings. The van der Waals surface area contributed by atoms with Gasteiger partial charge in [-0.2, -0.15) is 0 Å². The fourth-order valence-electron chi connectivity index (χ4n) is 3.22. The second-order valence-corrected chi connectivity index (χ2v) is 8.99. The van der Waals surface area contributed by atoms with Gasteiger partial charge in [-0.1, -0.05) is 0 Å². The SMILES string of the molecule is CCOc1ccc(C(=O)NNC(=O)c2ccc(S(=O)(=O)NCC3CCCO3)cc2)cc1OC. The van der Waals surface area contributed by atoms with Gasteiger partial charge in [0.2, 0.25) is 10.0 Å². The summed E-state index contributed by atoms with van der Waals surface area (Å²) in [5.74, 6) is -0.263. The molecule has 1 aliphatic rings. The molecule has 0 bridgehead atoms. The van der Waals surface area contributed by atoms with Crippen molar-refractivity contribution >= 4 is 21.8 Å². The summed E-state index contributed by atoms with van der Waals surface area (Å²) in [6.07, 6.45) is 1.61. The van der Waals surface area contributed by atoms with E-state index < -0.39 is 21.8 Å². The maximum atomic E-state index is 12.4. The number of rotatable bonds is 9. The maximum Gasteiger partial charge on any atom is 0.269 e. The molecule has 178 valence electrons. The summed E-state index contributed by atoms with van der Waals surface area (Å²) in [5, 5.41) is 0. The van der Waals surface area contributed by atoms with Crippen LogP contribution in [0.4, 0.5) is 0 Å². The summed E-state index contributed by atoms with van der Waals surface area (Å²) >= 11 is 0. The van der Waals surface area contributed by atoms with Gasteiger partial charge in [-0.15, -0.1) is 0 Å². The Bertz CT molecular complexity index is 1080. The average Bonchev–Trinajstić information content (AvgIpc) is 3.35. The van der Waals surface area contributed by atoms with E-state index >= 15 is 0 Å². The highest BCUT2D eigenvalue weighted by molar-refractivity contribution is 7.89. The van der Waals surface area contributed by atoms with Crippen LogP contribution < -0.4 is 25.0 Å². The Labute approximate surface area is 192 Å². The average molecular weight is 478 g/mol. The Kier molecular flexibility index (Phi) is 8.26. The number of hydrazine groups is 1. The van der Waals surface area contributed by atoms with Crippen molar-refractivity contribution in [3.63, 3.8) is 0 Å². The predicted octanol–water partition coefficient (Wildman–Crippen LogP) is 1.63. The van der Waals surface area contributed by atoms with Gasteiger partial charge in [-0.05, 0) is 62.2 Å². The van der Waals surface area contributed by atoms with Gasteiger partial charge >= 0.3 is 0 Å². The number of benzene rings is 2. The highest BCUT2D eigenvalue weighted by Crippen LogP contribution is 2.27. The molecule has 0 saturated carbocycles. The lowest BCUT2D eigenvalue weighted by Crippen LogP contribution is -2.41. The van der Waals surface area contributed by atoms with E-state index in [1.54, 1.807) is 6.07 Å². The van der Waals surface area contributed by atoms with Crippen molar-refractivity contribution in [2.45, 2.75) is 30.8 Å². The van der Waals surface area contributed by atoms with E-state index in [2.05, 4.69) is 15.6 Å². The summed E-state index contributed by atoms with van der Waals surface area (Å²) in [6.45, 7) is 3.12. The van der Waals surface area contributed by atoms with E-state index in [0.29, 0.717) is 24.7 Å². The van der Waals surface area contributed by atoms with Gasteiger partial charge in [0.25, 0.3) is 11.8 Å². The molecule has 33 heavy (non-hydrogen) atoms. The lowest BCUT2D eigenvalue weighted by atomic mass is 10.2. The van der Waals surface area contributed by atoms with Crippen molar-refractivity contribution in [3.05, 3.63) is 53.6 Å². The third-order valence-corrected chi connectivity index (χ3v) is 6.41. The van der Waals surface area contributed by atoms with Gasteiger partial charge in [0, 0.05) is 24.3 Å². The minimum absolute atomic E-state index is 0.0302. The zero-order valence-electron chi connectivity index (χ0n) is 18.4. The normalized spacial score (nSPS) is 15.6. The largest absolute Gasteiger partial charge is 0.493 e. The van der Waals surface area contributed by atoms with Gasteiger partial charge in [0.15, 0.2) is 11.5 Å². The summed E-state index contributed by atoms with van der Waals surface area (Å²) in [7, 11) is -2.26. The Morgan fingerprint density at radius 2 is 1.70 bits per heavy atom. The topological polar surface area (TPSA) is 132 Å². The van der Waals surface area contributed by atoms with Crippen molar-refractivity contribution in [2.24, 2.45) is 0 Å². The van der Waals surface area contributed by atoms with Crippen LogP contribution in [0.15, 0.2) is 47.4 Å². The molecule has 1 fully saturated rings. The Hall–Kier alpha value is -3.15. The van der Waals surface area contributed by atoms with E-state index in [4.69, 9.17) is 14.2 Å². The van der Waals surface area contributed by atoms with Crippen LogP contribution in [0.1, 0.15) is 40.5 Å². The van der Waals surface area contributed by atoms with Crippen LogP contribution in [0.25, 0.3) is 0 Å². The highest BCUT2D eigenvalue weighted by atomic mass is 32.2. The Morgan fingerprint density at radius 3 is 2.30 bits per heavy atom. The zero-order valence-corrected chi connectivity index (χ0v) is 19.2. The molecule has 1 heterocycles. The fourth-order valence-corrected chi connectivity index (χ4v) is 4.28. The number of ether oxygens (including phenoxy) is 3. The summed E-state index contributed by atoms with van der Waals surface area (Å²) in [5.41, 5.74) is 5.06. The molecule has 0 aromatic heterocycles. The van der Waals surface area contributed by atoms with E-state index in [1.165, 1.54) is 43.5 Å². The molecular weight excluding hydrogens is 450 g/mol. The number of carbonyl (C=O) groups excluding carboxylic acids is 2. The summed E-state index contributed by atoms with van der Waals surface area (Å²) < 4.78 is 43.4. The number of sulfonamides is 1. The van der Waals surface area contributed by atoms with Crippen LogP contribution in [-0.4, -0.2) is 53.2 Å². The van der Waals surface area contributed by atoms with E-state index in [9.17, 15) is 18.0 Å². The van der Waals surface area contributed by atoms with Crippen molar-refractivity contribution in [3.8, 4) is 11.5 Å². The van der Waals surface area contributed by atoms with Crippen LogP contribution in [-0.2, 0) is 14.8 Å². The molecule has 1 unspecified atom stereocenters. The van der Waals surface area contributed by atoms with Crippen molar-refractivity contribution < 1.29 is 32.2 Å². The quantitative estimate of drug-likeness (QED) is 0.468. The van der Waals surface area contributed by atoms with Gasteiger partial charge in [0.05, 0.1) is 24.7 Å². The molecule has 2 aromatic carbocycles. The molecule has 10 nitrogen and oxygen atoms in total. The van der Waals surface area contributed by atoms with Gasteiger partial charge in [0.1, 0.15) is 0 Å². The lowest BCUT2D eigenvalue weighted by molar-refractivity contribution is 0.0846. The number of hydrogen-bond donors (Lipinski definition) is 3. The molecule has 2 amide bonds. The molecule has 3 rings (SSSR count). The van der Waals surface area contributed by atoms with Crippen molar-refractivity contribution in [2.75, 3.05) is 26.9 Å². The lowest BCUT2D eigenvalue weighted by Gasteiger charge is -2.12. The number of carbonyl (C=O) groups is 2. The number of nitrogens with one attached hydrogen (secondary N) is 3. The maximum absolute atomic E-state index is 12.4. The fraction of sp³-hybridized carbons (Fsp3) is 0.364. The van der Waals surface area contributed by atoms with Crippen LogP contribution in [0.3, 0.4) is 0 Å². The van der Waals surface area contributed by atoms with Gasteiger partial charge in [-0.25, -0.2) is 13.1 Å². The predicted molar refractivity (Wildman–Crippen MR) is 120 cm³/mol. The third-order valence-electron chi connectivity index (χ3n) is 4.97. The standard InChI is InChI=1S/C22H27N3O7S/c1-3-31-19-11-8-16(13-20(19)30-2)22(27)25-24-21(26)15-6-9-18(10-7-15)33(28,29)23-14-17-5-4-12-32-17/h6-11,13,17,23H,3-5,12,14H2,1-2H3,(H,24,26)(H,25,27). The molecule has 11 heteroatoms. The van der Waals surface area contributed by atoms with E-state index in [0.717, 1.165) is 12.8 Å². The van der Waals surface area contributed by atoms with Crippen molar-refractivity contribution in [1.29, 1.82) is 0 Å². The first kappa shape index (κ1) is 24.5. The van der Waals surface area contributed by atoms with Crippen LogP contribution in [0.2, 0.25) is 0 Å². The molecule has 3 N–H and O–H groups in total. The molecule has 0 radical (unpaired) electrons. The van der Waals surface area contributed by atoms with Crippen molar-refractivity contribution in [1.82, 2.24) is 15.6 Å². The molecule has 0 aliphatic carbocycles. The molecule has 1 aliphatic heterocycles. The minimum atomic E-state index is -3.72. The first-order valence-corrected chi connectivity index (χ1v) is 11.9. The Balaban J connectivity index is 1.56. The van der Waals surface area contributed by atoms with E-state index in [1.807, 2.05) is 6.92 Å². The van der Waals surface area contributed by atoms with Crippen LogP contribution in [0, 0.1) is 0 Å². The zero-order chi connectivity index (χ0) is 23.8. The van der Waals surface area contributed by atoms with Gasteiger partial charge in [-0.3, -0.25) is 20.4 Å². The van der Waals surface area contributed by atoms with E-state index in [-0.39, 0.29) is 28.7 Å². The third kappa shape index (κ3) is 6.44. The number of amides is 2. The molecular formula is C22H27N3O7S. The summed E-state index contributed by atoms with van der Waals surface area (Å²) in [6, 6.07) is 10.0. The molecule has 1 atom stereocenters. The number of methoxy groups -OCH3 is 1. The second kappa shape index (κ2) is 11.1.